The number of hydrogen-bond acceptors (Lipinski definition) is 4. The van der Waals surface area contributed by atoms with Gasteiger partial charge in [-0.1, -0.05) is 39.3 Å². The van der Waals surface area contributed by atoms with Gasteiger partial charge in [0.15, 0.2) is 0 Å². The highest BCUT2D eigenvalue weighted by Gasteiger charge is 2.20. The van der Waals surface area contributed by atoms with Gasteiger partial charge in [-0.3, -0.25) is 4.79 Å². The SMILES string of the molecule is CCCCc1ncc(C(=O)NC(CS)CC(C)C)n1Cc1ccc(C(=O)O)cc1. The Kier molecular flexibility index (Phi) is 8.76. The minimum absolute atomic E-state index is 0.00289. The summed E-state index contributed by atoms with van der Waals surface area (Å²) in [7, 11) is 0. The second-order valence-electron chi connectivity index (χ2n) is 7.73. The molecule has 2 N–H and O–H groups in total. The van der Waals surface area contributed by atoms with Crippen molar-refractivity contribution in [1.29, 1.82) is 0 Å². The summed E-state index contributed by atoms with van der Waals surface area (Å²) >= 11 is 4.38. The number of carboxylic acid groups (broad SMARTS) is 1. The van der Waals surface area contributed by atoms with Crippen molar-refractivity contribution in [3.8, 4) is 0 Å². The molecular formula is C22H31N3O3S. The molecule has 1 aromatic carbocycles. The summed E-state index contributed by atoms with van der Waals surface area (Å²) in [6.07, 6.45) is 5.32. The number of unbranched alkanes of at least 4 members (excludes halogenated alkanes) is 1. The van der Waals surface area contributed by atoms with Crippen LogP contribution in [-0.2, 0) is 13.0 Å². The van der Waals surface area contributed by atoms with Gasteiger partial charge in [0.2, 0.25) is 0 Å². The molecule has 1 heterocycles. The molecule has 0 spiro atoms. The molecule has 0 aliphatic rings. The minimum atomic E-state index is -0.953. The average Bonchev–Trinajstić information content (AvgIpc) is 3.08. The Morgan fingerprint density at radius 1 is 1.24 bits per heavy atom. The van der Waals surface area contributed by atoms with Crippen LogP contribution >= 0.6 is 12.6 Å². The van der Waals surface area contributed by atoms with Crippen LogP contribution < -0.4 is 5.32 Å². The number of aryl methyl sites for hydroxylation is 1. The standard InChI is InChI=1S/C22H31N3O3S/c1-4-5-6-20-23-12-19(21(26)24-18(14-29)11-15(2)3)25(20)13-16-7-9-17(10-8-16)22(27)28/h7-10,12,15,18,29H,4-6,11,13-14H2,1-3H3,(H,24,26)(H,27,28). The lowest BCUT2D eigenvalue weighted by Crippen LogP contribution is -2.38. The Morgan fingerprint density at radius 2 is 1.93 bits per heavy atom. The average molecular weight is 418 g/mol. The summed E-state index contributed by atoms with van der Waals surface area (Å²) < 4.78 is 1.94. The number of aromatic carboxylic acids is 1. The van der Waals surface area contributed by atoms with E-state index in [1.54, 1.807) is 30.5 Å². The van der Waals surface area contributed by atoms with E-state index in [9.17, 15) is 9.59 Å². The van der Waals surface area contributed by atoms with Gasteiger partial charge in [-0.25, -0.2) is 9.78 Å². The first-order valence-electron chi connectivity index (χ1n) is 10.1. The molecule has 1 amide bonds. The first-order chi connectivity index (χ1) is 13.8. The molecule has 158 valence electrons. The van der Waals surface area contributed by atoms with Crippen molar-refractivity contribution in [2.45, 2.75) is 59.0 Å². The first kappa shape index (κ1) is 23.0. The van der Waals surface area contributed by atoms with Crippen molar-refractivity contribution in [3.63, 3.8) is 0 Å². The number of aromatic nitrogens is 2. The lowest BCUT2D eigenvalue weighted by Gasteiger charge is -2.19. The molecule has 2 aromatic rings. The highest BCUT2D eigenvalue weighted by atomic mass is 32.1. The zero-order valence-corrected chi connectivity index (χ0v) is 18.3. The molecular weight excluding hydrogens is 386 g/mol. The zero-order valence-electron chi connectivity index (χ0n) is 17.4. The maximum atomic E-state index is 13.0. The van der Waals surface area contributed by atoms with E-state index in [0.29, 0.717) is 23.9 Å². The Bertz CT molecular complexity index is 815. The van der Waals surface area contributed by atoms with E-state index < -0.39 is 5.97 Å². The highest BCUT2D eigenvalue weighted by Crippen LogP contribution is 2.15. The molecule has 6 nitrogen and oxygen atoms in total. The van der Waals surface area contributed by atoms with Crippen LogP contribution in [-0.4, -0.2) is 38.3 Å². The minimum Gasteiger partial charge on any atom is -0.478 e. The summed E-state index contributed by atoms with van der Waals surface area (Å²) in [5.41, 5.74) is 1.69. The summed E-state index contributed by atoms with van der Waals surface area (Å²) in [5.74, 6) is 0.806. The van der Waals surface area contributed by atoms with E-state index in [2.05, 4.69) is 43.7 Å². The smallest absolute Gasteiger partial charge is 0.335 e. The van der Waals surface area contributed by atoms with Crippen molar-refractivity contribution in [1.82, 2.24) is 14.9 Å². The van der Waals surface area contributed by atoms with Gasteiger partial charge in [-0.15, -0.1) is 0 Å². The number of rotatable bonds is 11. The quantitative estimate of drug-likeness (QED) is 0.482. The van der Waals surface area contributed by atoms with Crippen molar-refractivity contribution in [2.75, 3.05) is 5.75 Å². The van der Waals surface area contributed by atoms with E-state index in [0.717, 1.165) is 37.1 Å². The third-order valence-electron chi connectivity index (χ3n) is 4.78. The van der Waals surface area contributed by atoms with Crippen LogP contribution in [0, 0.1) is 5.92 Å². The molecule has 0 fully saturated rings. The third kappa shape index (κ3) is 6.63. The number of carbonyl (C=O) groups excluding carboxylic acids is 1. The normalized spacial score (nSPS) is 12.2. The van der Waals surface area contributed by atoms with Crippen molar-refractivity contribution in [3.05, 3.63) is 53.1 Å². The Balaban J connectivity index is 2.26. The van der Waals surface area contributed by atoms with Crippen molar-refractivity contribution in [2.24, 2.45) is 5.92 Å². The zero-order chi connectivity index (χ0) is 21.4. The van der Waals surface area contributed by atoms with Gasteiger partial charge in [-0.2, -0.15) is 12.6 Å². The maximum absolute atomic E-state index is 13.0. The number of thiol groups is 1. The fourth-order valence-corrected chi connectivity index (χ4v) is 3.49. The number of nitrogens with one attached hydrogen (secondary N) is 1. The lowest BCUT2D eigenvalue weighted by molar-refractivity contribution is 0.0696. The van der Waals surface area contributed by atoms with E-state index in [4.69, 9.17) is 5.11 Å². The van der Waals surface area contributed by atoms with Crippen LogP contribution in [0.4, 0.5) is 0 Å². The largest absolute Gasteiger partial charge is 0.478 e. The van der Waals surface area contributed by atoms with E-state index in [1.807, 2.05) is 4.57 Å². The van der Waals surface area contributed by atoms with Gasteiger partial charge in [0.05, 0.1) is 11.8 Å². The lowest BCUT2D eigenvalue weighted by atomic mass is 10.1. The fraction of sp³-hybridized carbons (Fsp3) is 0.500. The number of imidazole rings is 1. The number of hydrogen-bond donors (Lipinski definition) is 3. The first-order valence-corrected chi connectivity index (χ1v) is 10.8. The molecule has 0 aliphatic heterocycles. The van der Waals surface area contributed by atoms with E-state index >= 15 is 0 Å². The van der Waals surface area contributed by atoms with Crippen molar-refractivity contribution < 1.29 is 14.7 Å². The van der Waals surface area contributed by atoms with Gasteiger partial charge < -0.3 is 15.0 Å². The number of benzene rings is 1. The molecule has 7 heteroatoms. The van der Waals surface area contributed by atoms with Gasteiger partial charge >= 0.3 is 5.97 Å². The molecule has 1 aromatic heterocycles. The third-order valence-corrected chi connectivity index (χ3v) is 5.22. The Labute approximate surface area is 178 Å². The van der Waals surface area contributed by atoms with Crippen LogP contribution in [0.25, 0.3) is 0 Å². The van der Waals surface area contributed by atoms with Gasteiger partial charge in [0.25, 0.3) is 5.91 Å². The number of carbonyl (C=O) groups is 2. The second kappa shape index (κ2) is 11.0. The molecule has 1 unspecified atom stereocenters. The molecule has 0 aliphatic carbocycles. The predicted molar refractivity (Wildman–Crippen MR) is 118 cm³/mol. The van der Waals surface area contributed by atoms with E-state index in [-0.39, 0.29) is 17.5 Å². The van der Waals surface area contributed by atoms with Crippen LogP contribution in [0.1, 0.15) is 72.3 Å². The predicted octanol–water partition coefficient (Wildman–Crippen LogP) is 4.05. The molecule has 1 atom stereocenters. The topological polar surface area (TPSA) is 84.2 Å². The fourth-order valence-electron chi connectivity index (χ4n) is 3.25. The van der Waals surface area contributed by atoms with Crippen LogP contribution in [0.2, 0.25) is 0 Å². The highest BCUT2D eigenvalue weighted by molar-refractivity contribution is 7.80. The van der Waals surface area contributed by atoms with Gasteiger partial charge in [0.1, 0.15) is 11.5 Å². The summed E-state index contributed by atoms with van der Waals surface area (Å²) in [5, 5.41) is 12.2. The number of carboxylic acids is 1. The Hall–Kier alpha value is -2.28. The van der Waals surface area contributed by atoms with Gasteiger partial charge in [0, 0.05) is 24.8 Å². The van der Waals surface area contributed by atoms with Crippen LogP contribution in [0.3, 0.4) is 0 Å². The molecule has 29 heavy (non-hydrogen) atoms. The second-order valence-corrected chi connectivity index (χ2v) is 8.10. The van der Waals surface area contributed by atoms with Crippen LogP contribution in [0.5, 0.6) is 0 Å². The summed E-state index contributed by atoms with van der Waals surface area (Å²) in [6, 6.07) is 6.73. The number of nitrogens with zero attached hydrogens (tertiary/aromatic N) is 2. The van der Waals surface area contributed by atoms with E-state index in [1.165, 1.54) is 0 Å². The monoisotopic (exact) mass is 417 g/mol. The van der Waals surface area contributed by atoms with Crippen molar-refractivity contribution >= 4 is 24.5 Å². The molecule has 0 radical (unpaired) electrons. The molecule has 0 saturated heterocycles. The molecule has 0 saturated carbocycles. The molecule has 0 bridgehead atoms. The van der Waals surface area contributed by atoms with Gasteiger partial charge in [-0.05, 0) is 36.5 Å². The molecule has 2 rings (SSSR count). The van der Waals surface area contributed by atoms with Crippen LogP contribution in [0.15, 0.2) is 30.5 Å². The summed E-state index contributed by atoms with van der Waals surface area (Å²) in [4.78, 5) is 28.5. The summed E-state index contributed by atoms with van der Waals surface area (Å²) in [6.45, 7) is 6.83. The maximum Gasteiger partial charge on any atom is 0.335 e. The number of amides is 1. The Morgan fingerprint density at radius 3 is 2.48 bits per heavy atom.